The number of aliphatic hydroxyl groups excluding tert-OH is 1. The van der Waals surface area contributed by atoms with Crippen molar-refractivity contribution in [2.75, 3.05) is 13.2 Å². The molecule has 0 bridgehead atoms. The van der Waals surface area contributed by atoms with E-state index >= 15 is 0 Å². The third-order valence-electron chi connectivity index (χ3n) is 2.49. The van der Waals surface area contributed by atoms with E-state index in [1.165, 1.54) is 11.3 Å². The Morgan fingerprint density at radius 2 is 2.40 bits per heavy atom. The normalized spacial score (nSPS) is 9.85. The number of aromatic nitrogens is 2. The molecule has 0 atom stereocenters. The first kappa shape index (κ1) is 14.3. The minimum Gasteiger partial charge on any atom is -0.395 e. The maximum Gasteiger partial charge on any atom is 0.261 e. The molecule has 1 amide bonds. The molecule has 5 nitrogen and oxygen atoms in total. The lowest BCUT2D eigenvalue weighted by molar-refractivity contribution is 0.0956. The minimum atomic E-state index is -0.0923. The van der Waals surface area contributed by atoms with Crippen LogP contribution in [0.4, 0.5) is 0 Å². The van der Waals surface area contributed by atoms with Crippen LogP contribution in [0.3, 0.4) is 0 Å². The number of thiophene rings is 1. The van der Waals surface area contributed by atoms with Gasteiger partial charge in [-0.05, 0) is 12.1 Å². The van der Waals surface area contributed by atoms with Crippen molar-refractivity contribution in [2.24, 2.45) is 0 Å². The summed E-state index contributed by atoms with van der Waals surface area (Å²) in [5, 5.41) is 11.5. The zero-order chi connectivity index (χ0) is 14.2. The van der Waals surface area contributed by atoms with E-state index in [-0.39, 0.29) is 12.5 Å². The number of rotatable bonds is 5. The first-order valence-corrected chi connectivity index (χ1v) is 7.05. The molecule has 0 aromatic carbocycles. The SMILES string of the molecule is O=C(NCCn1ccnc1)c1ccc(C#CCCO)s1. The van der Waals surface area contributed by atoms with Crippen LogP contribution in [0.2, 0.25) is 0 Å². The Labute approximate surface area is 121 Å². The fourth-order valence-electron chi connectivity index (χ4n) is 1.54. The van der Waals surface area contributed by atoms with Crippen LogP contribution in [-0.2, 0) is 6.54 Å². The summed E-state index contributed by atoms with van der Waals surface area (Å²) < 4.78 is 1.90. The smallest absolute Gasteiger partial charge is 0.261 e. The number of amides is 1. The molecule has 0 aliphatic rings. The molecule has 0 fully saturated rings. The van der Waals surface area contributed by atoms with Crippen LogP contribution in [-0.4, -0.2) is 33.7 Å². The van der Waals surface area contributed by atoms with Gasteiger partial charge in [-0.1, -0.05) is 11.8 Å². The van der Waals surface area contributed by atoms with Gasteiger partial charge in [0.2, 0.25) is 0 Å². The minimum absolute atomic E-state index is 0.0555. The van der Waals surface area contributed by atoms with Gasteiger partial charge >= 0.3 is 0 Å². The van der Waals surface area contributed by atoms with E-state index in [1.54, 1.807) is 18.6 Å². The second kappa shape index (κ2) is 7.48. The van der Waals surface area contributed by atoms with Gasteiger partial charge in [0.05, 0.1) is 22.7 Å². The molecule has 2 aromatic heterocycles. The summed E-state index contributed by atoms with van der Waals surface area (Å²) in [7, 11) is 0. The quantitative estimate of drug-likeness (QED) is 0.810. The number of nitrogens with zero attached hydrogens (tertiary/aromatic N) is 2. The molecule has 0 saturated carbocycles. The standard InChI is InChI=1S/C14H15N3O2S/c18-10-2-1-3-12-4-5-13(20-12)14(19)16-7-9-17-8-6-15-11-17/h4-6,8,11,18H,2,7,9-10H2,(H,16,19). The van der Waals surface area contributed by atoms with E-state index < -0.39 is 0 Å². The fourth-order valence-corrected chi connectivity index (χ4v) is 2.33. The molecule has 0 radical (unpaired) electrons. The average molecular weight is 289 g/mol. The van der Waals surface area contributed by atoms with Crippen molar-refractivity contribution < 1.29 is 9.90 Å². The van der Waals surface area contributed by atoms with Crippen molar-refractivity contribution in [1.29, 1.82) is 0 Å². The maximum atomic E-state index is 11.9. The fraction of sp³-hybridized carbons (Fsp3) is 0.286. The predicted octanol–water partition coefficient (Wildman–Crippen LogP) is 1.11. The van der Waals surface area contributed by atoms with Crippen LogP contribution in [0.1, 0.15) is 21.0 Å². The lowest BCUT2D eigenvalue weighted by Crippen LogP contribution is -2.26. The summed E-state index contributed by atoms with van der Waals surface area (Å²) in [5.41, 5.74) is 0. The molecule has 0 unspecified atom stereocenters. The lowest BCUT2D eigenvalue weighted by Gasteiger charge is -2.03. The Morgan fingerprint density at radius 1 is 1.50 bits per heavy atom. The molecule has 0 aliphatic heterocycles. The highest BCUT2D eigenvalue weighted by molar-refractivity contribution is 7.14. The van der Waals surface area contributed by atoms with E-state index in [2.05, 4.69) is 22.1 Å². The van der Waals surface area contributed by atoms with Gasteiger partial charge in [-0.3, -0.25) is 4.79 Å². The van der Waals surface area contributed by atoms with Gasteiger partial charge in [0.25, 0.3) is 5.91 Å². The zero-order valence-corrected chi connectivity index (χ0v) is 11.7. The van der Waals surface area contributed by atoms with E-state index in [0.717, 1.165) is 4.88 Å². The van der Waals surface area contributed by atoms with Gasteiger partial charge in [0, 0.05) is 31.9 Å². The predicted molar refractivity (Wildman–Crippen MR) is 77.5 cm³/mol. The second-order valence-corrected chi connectivity index (χ2v) is 5.08. The van der Waals surface area contributed by atoms with E-state index in [0.29, 0.717) is 24.4 Å². The molecule has 0 saturated heterocycles. The zero-order valence-electron chi connectivity index (χ0n) is 10.9. The number of imidazole rings is 1. The molecule has 20 heavy (non-hydrogen) atoms. The van der Waals surface area contributed by atoms with E-state index in [9.17, 15) is 4.79 Å². The molecule has 2 heterocycles. The van der Waals surface area contributed by atoms with Crippen LogP contribution >= 0.6 is 11.3 Å². The Hall–Kier alpha value is -2.10. The largest absolute Gasteiger partial charge is 0.395 e. The summed E-state index contributed by atoms with van der Waals surface area (Å²) in [5.74, 6) is 5.66. The topological polar surface area (TPSA) is 67.2 Å². The summed E-state index contributed by atoms with van der Waals surface area (Å²) in [4.78, 5) is 17.3. The molecular formula is C14H15N3O2S. The maximum absolute atomic E-state index is 11.9. The summed E-state index contributed by atoms with van der Waals surface area (Å²) in [6.07, 6.45) is 5.72. The molecule has 0 spiro atoms. The molecule has 2 aromatic rings. The Kier molecular flexibility index (Phi) is 5.35. The molecular weight excluding hydrogens is 274 g/mol. The molecule has 2 N–H and O–H groups in total. The lowest BCUT2D eigenvalue weighted by atomic mass is 10.4. The second-order valence-electron chi connectivity index (χ2n) is 4.00. The van der Waals surface area contributed by atoms with Crippen LogP contribution in [0.25, 0.3) is 0 Å². The number of aliphatic hydroxyl groups is 1. The van der Waals surface area contributed by atoms with Crippen molar-refractivity contribution in [3.05, 3.63) is 40.6 Å². The first-order valence-electron chi connectivity index (χ1n) is 6.23. The van der Waals surface area contributed by atoms with Crippen LogP contribution < -0.4 is 5.32 Å². The van der Waals surface area contributed by atoms with Gasteiger partial charge < -0.3 is 15.0 Å². The van der Waals surface area contributed by atoms with Gasteiger partial charge in [0.1, 0.15) is 0 Å². The molecule has 0 aliphatic carbocycles. The molecule has 104 valence electrons. The van der Waals surface area contributed by atoms with Gasteiger partial charge in [-0.2, -0.15) is 0 Å². The van der Waals surface area contributed by atoms with E-state index in [1.807, 2.05) is 16.8 Å². The van der Waals surface area contributed by atoms with Gasteiger partial charge in [-0.15, -0.1) is 11.3 Å². The highest BCUT2D eigenvalue weighted by Gasteiger charge is 2.07. The number of carbonyl (C=O) groups is 1. The average Bonchev–Trinajstić information content (AvgIpc) is 3.10. The van der Waals surface area contributed by atoms with Crippen LogP contribution in [0, 0.1) is 11.8 Å². The van der Waals surface area contributed by atoms with E-state index in [4.69, 9.17) is 5.11 Å². The van der Waals surface area contributed by atoms with Gasteiger partial charge in [-0.25, -0.2) is 4.98 Å². The monoisotopic (exact) mass is 289 g/mol. The highest BCUT2D eigenvalue weighted by atomic mass is 32.1. The Morgan fingerprint density at radius 3 is 3.15 bits per heavy atom. The van der Waals surface area contributed by atoms with Crippen molar-refractivity contribution in [3.63, 3.8) is 0 Å². The number of carbonyl (C=O) groups excluding carboxylic acids is 1. The third-order valence-corrected chi connectivity index (χ3v) is 3.49. The van der Waals surface area contributed by atoms with Crippen molar-refractivity contribution in [2.45, 2.75) is 13.0 Å². The van der Waals surface area contributed by atoms with Crippen LogP contribution in [0.5, 0.6) is 0 Å². The van der Waals surface area contributed by atoms with Crippen molar-refractivity contribution in [3.8, 4) is 11.8 Å². The molecule has 6 heteroatoms. The number of hydrogen-bond donors (Lipinski definition) is 2. The summed E-state index contributed by atoms with van der Waals surface area (Å²) >= 11 is 1.35. The number of nitrogens with one attached hydrogen (secondary N) is 1. The van der Waals surface area contributed by atoms with Crippen LogP contribution in [0.15, 0.2) is 30.9 Å². The Balaban J connectivity index is 1.82. The highest BCUT2D eigenvalue weighted by Crippen LogP contribution is 2.15. The van der Waals surface area contributed by atoms with Crippen molar-refractivity contribution >= 4 is 17.2 Å². The van der Waals surface area contributed by atoms with Gasteiger partial charge in [0.15, 0.2) is 0 Å². The number of hydrogen-bond acceptors (Lipinski definition) is 4. The first-order chi connectivity index (χ1) is 9.79. The molecule has 2 rings (SSSR count). The third kappa shape index (κ3) is 4.23. The summed E-state index contributed by atoms with van der Waals surface area (Å²) in [6.45, 7) is 1.30. The Bertz CT molecular complexity index is 608. The van der Waals surface area contributed by atoms with Crippen molar-refractivity contribution in [1.82, 2.24) is 14.9 Å². The summed E-state index contributed by atoms with van der Waals surface area (Å²) in [6, 6.07) is 3.58.